The van der Waals surface area contributed by atoms with Gasteiger partial charge < -0.3 is 14.2 Å². The fraction of sp³-hybridized carbons (Fsp3) is 0.500. The lowest BCUT2D eigenvalue weighted by Gasteiger charge is -2.24. The van der Waals surface area contributed by atoms with Crippen molar-refractivity contribution in [3.8, 4) is 5.75 Å². The van der Waals surface area contributed by atoms with Gasteiger partial charge in [0.1, 0.15) is 11.9 Å². The Morgan fingerprint density at radius 1 is 1.12 bits per heavy atom. The van der Waals surface area contributed by atoms with Crippen molar-refractivity contribution in [1.82, 2.24) is 0 Å². The predicted octanol–water partition coefficient (Wildman–Crippen LogP) is 3.23. The highest BCUT2D eigenvalue weighted by molar-refractivity contribution is 9.10. The lowest BCUT2D eigenvalue weighted by atomic mass is 10.2. The first-order valence-corrected chi connectivity index (χ1v) is 5.98. The zero-order valence-corrected chi connectivity index (χ0v) is 11.4. The molecule has 1 aromatic rings. The smallest absolute Gasteiger partial charge is 0.226 e. The van der Waals surface area contributed by atoms with Crippen LogP contribution in [0.2, 0.25) is 0 Å². The first-order valence-electron chi connectivity index (χ1n) is 5.19. The average molecular weight is 289 g/mol. The SMILES string of the molecule is CCC(OC)[C@@H](OC)Oc1ccc(Br)cc1. The molecule has 0 heterocycles. The normalized spacial score (nSPS) is 14.5. The van der Waals surface area contributed by atoms with Gasteiger partial charge in [-0.1, -0.05) is 22.9 Å². The van der Waals surface area contributed by atoms with E-state index < -0.39 is 0 Å². The Kier molecular flexibility index (Phi) is 5.80. The van der Waals surface area contributed by atoms with E-state index >= 15 is 0 Å². The zero-order chi connectivity index (χ0) is 12.0. The van der Waals surface area contributed by atoms with E-state index in [2.05, 4.69) is 15.9 Å². The van der Waals surface area contributed by atoms with Gasteiger partial charge in [-0.25, -0.2) is 0 Å². The molecule has 16 heavy (non-hydrogen) atoms. The molecule has 0 aliphatic carbocycles. The minimum Gasteiger partial charge on any atom is -0.462 e. The lowest BCUT2D eigenvalue weighted by Crippen LogP contribution is -2.34. The van der Waals surface area contributed by atoms with Crippen molar-refractivity contribution < 1.29 is 14.2 Å². The molecule has 3 nitrogen and oxygen atoms in total. The molecule has 0 aliphatic rings. The molecule has 0 bridgehead atoms. The average Bonchev–Trinajstić information content (AvgIpc) is 2.32. The fourth-order valence-corrected chi connectivity index (χ4v) is 1.66. The highest BCUT2D eigenvalue weighted by atomic mass is 79.9. The summed E-state index contributed by atoms with van der Waals surface area (Å²) >= 11 is 3.37. The number of halogens is 1. The number of hydrogen-bond donors (Lipinski definition) is 0. The van der Waals surface area contributed by atoms with E-state index in [1.54, 1.807) is 14.2 Å². The summed E-state index contributed by atoms with van der Waals surface area (Å²) in [5, 5.41) is 0. The first kappa shape index (κ1) is 13.5. The Hall–Kier alpha value is -0.580. The summed E-state index contributed by atoms with van der Waals surface area (Å²) in [4.78, 5) is 0. The number of rotatable bonds is 6. The molecule has 90 valence electrons. The van der Waals surface area contributed by atoms with Gasteiger partial charge in [0.15, 0.2) is 0 Å². The van der Waals surface area contributed by atoms with Crippen LogP contribution < -0.4 is 4.74 Å². The van der Waals surface area contributed by atoms with Gasteiger partial charge in [0.05, 0.1) is 0 Å². The molecule has 0 saturated heterocycles. The fourth-order valence-electron chi connectivity index (χ4n) is 1.39. The summed E-state index contributed by atoms with van der Waals surface area (Å²) in [6.45, 7) is 2.03. The minimum atomic E-state index is -0.379. The Bertz CT molecular complexity index is 296. The van der Waals surface area contributed by atoms with Crippen molar-refractivity contribution in [2.45, 2.75) is 25.7 Å². The molecule has 1 unspecified atom stereocenters. The summed E-state index contributed by atoms with van der Waals surface area (Å²) in [6.07, 6.45) is 0.399. The third-order valence-electron chi connectivity index (χ3n) is 2.31. The molecule has 0 fully saturated rings. The standard InChI is InChI=1S/C12H17BrO3/c1-4-11(14-2)12(15-3)16-10-7-5-9(13)6-8-10/h5-8,11-12H,4H2,1-3H3/t11?,12-/m0/s1. The van der Waals surface area contributed by atoms with Crippen molar-refractivity contribution in [2.75, 3.05) is 14.2 Å². The quantitative estimate of drug-likeness (QED) is 0.753. The van der Waals surface area contributed by atoms with Crippen LogP contribution in [0.25, 0.3) is 0 Å². The van der Waals surface area contributed by atoms with E-state index in [0.717, 1.165) is 16.6 Å². The molecule has 0 spiro atoms. The number of hydrogen-bond acceptors (Lipinski definition) is 3. The van der Waals surface area contributed by atoms with E-state index in [1.807, 2.05) is 31.2 Å². The van der Waals surface area contributed by atoms with E-state index in [4.69, 9.17) is 14.2 Å². The van der Waals surface area contributed by atoms with Crippen LogP contribution in [0.15, 0.2) is 28.7 Å². The molecule has 0 amide bonds. The molecule has 4 heteroatoms. The third-order valence-corrected chi connectivity index (χ3v) is 2.84. The lowest BCUT2D eigenvalue weighted by molar-refractivity contribution is -0.139. The second kappa shape index (κ2) is 6.89. The first-order chi connectivity index (χ1) is 7.71. The van der Waals surface area contributed by atoms with Crippen molar-refractivity contribution in [2.24, 2.45) is 0 Å². The second-order valence-electron chi connectivity index (χ2n) is 3.36. The number of methoxy groups -OCH3 is 2. The Morgan fingerprint density at radius 2 is 1.75 bits per heavy atom. The van der Waals surface area contributed by atoms with Gasteiger partial charge in [-0.05, 0) is 30.7 Å². The molecule has 0 N–H and O–H groups in total. The third kappa shape index (κ3) is 3.77. The maximum absolute atomic E-state index is 5.69. The second-order valence-corrected chi connectivity index (χ2v) is 4.27. The van der Waals surface area contributed by atoms with Gasteiger partial charge in [0.25, 0.3) is 0 Å². The molecule has 0 radical (unpaired) electrons. The largest absolute Gasteiger partial charge is 0.462 e. The molecule has 0 aromatic heterocycles. The van der Waals surface area contributed by atoms with Crippen LogP contribution >= 0.6 is 15.9 Å². The van der Waals surface area contributed by atoms with E-state index in [9.17, 15) is 0 Å². The Labute approximate surface area is 105 Å². The number of ether oxygens (including phenoxy) is 3. The minimum absolute atomic E-state index is 0.0614. The highest BCUT2D eigenvalue weighted by Crippen LogP contribution is 2.19. The zero-order valence-electron chi connectivity index (χ0n) is 9.77. The summed E-state index contributed by atoms with van der Waals surface area (Å²) in [6, 6.07) is 7.63. The molecule has 0 aliphatic heterocycles. The van der Waals surface area contributed by atoms with Crippen molar-refractivity contribution in [1.29, 1.82) is 0 Å². The van der Waals surface area contributed by atoms with Crippen molar-refractivity contribution >= 4 is 15.9 Å². The summed E-state index contributed by atoms with van der Waals surface area (Å²) in [7, 11) is 3.27. The Morgan fingerprint density at radius 3 is 2.19 bits per heavy atom. The van der Waals surface area contributed by atoms with Crippen molar-refractivity contribution in [3.63, 3.8) is 0 Å². The van der Waals surface area contributed by atoms with E-state index in [0.29, 0.717) is 0 Å². The summed E-state index contributed by atoms with van der Waals surface area (Å²) in [5.41, 5.74) is 0. The van der Waals surface area contributed by atoms with Crippen LogP contribution in [-0.4, -0.2) is 26.6 Å². The van der Waals surface area contributed by atoms with Gasteiger partial charge in [-0.3, -0.25) is 0 Å². The van der Waals surface area contributed by atoms with Crippen LogP contribution in [-0.2, 0) is 9.47 Å². The molecule has 1 rings (SSSR count). The van der Waals surface area contributed by atoms with Crippen LogP contribution in [0.1, 0.15) is 13.3 Å². The maximum Gasteiger partial charge on any atom is 0.226 e. The summed E-state index contributed by atoms with van der Waals surface area (Å²) in [5.74, 6) is 0.769. The molecule has 1 aromatic carbocycles. The molecular weight excluding hydrogens is 272 g/mol. The van der Waals surface area contributed by atoms with Crippen LogP contribution in [0.5, 0.6) is 5.75 Å². The molecule has 0 saturated carbocycles. The topological polar surface area (TPSA) is 27.7 Å². The van der Waals surface area contributed by atoms with Crippen LogP contribution in [0, 0.1) is 0 Å². The van der Waals surface area contributed by atoms with Gasteiger partial charge in [-0.2, -0.15) is 0 Å². The maximum atomic E-state index is 5.69. The van der Waals surface area contributed by atoms with Crippen LogP contribution in [0.4, 0.5) is 0 Å². The summed E-state index contributed by atoms with van der Waals surface area (Å²) < 4.78 is 17.3. The van der Waals surface area contributed by atoms with Crippen LogP contribution in [0.3, 0.4) is 0 Å². The number of benzene rings is 1. The van der Waals surface area contributed by atoms with Gasteiger partial charge in [0.2, 0.25) is 6.29 Å². The monoisotopic (exact) mass is 288 g/mol. The van der Waals surface area contributed by atoms with Crippen molar-refractivity contribution in [3.05, 3.63) is 28.7 Å². The van der Waals surface area contributed by atoms with Gasteiger partial charge in [0, 0.05) is 18.7 Å². The van der Waals surface area contributed by atoms with Gasteiger partial charge >= 0.3 is 0 Å². The predicted molar refractivity (Wildman–Crippen MR) is 66.7 cm³/mol. The van der Waals surface area contributed by atoms with E-state index in [1.165, 1.54) is 0 Å². The Balaban J connectivity index is 2.65. The molecule has 2 atom stereocenters. The molecular formula is C12H17BrO3. The highest BCUT2D eigenvalue weighted by Gasteiger charge is 2.20. The van der Waals surface area contributed by atoms with E-state index in [-0.39, 0.29) is 12.4 Å². The van der Waals surface area contributed by atoms with Gasteiger partial charge in [-0.15, -0.1) is 0 Å².